The minimum Gasteiger partial charge on any atom is -0.339 e. The van der Waals surface area contributed by atoms with Gasteiger partial charge in [0, 0.05) is 36.3 Å². The van der Waals surface area contributed by atoms with Gasteiger partial charge in [-0.3, -0.25) is 4.79 Å². The van der Waals surface area contributed by atoms with Crippen molar-refractivity contribution in [3.8, 4) is 0 Å². The number of benzene rings is 2. The zero-order valence-corrected chi connectivity index (χ0v) is 18.0. The molecule has 2 N–H and O–H groups in total. The third-order valence-corrected chi connectivity index (χ3v) is 6.45. The number of nitrogens with zero attached hydrogens (tertiary/aromatic N) is 2. The lowest BCUT2D eigenvalue weighted by molar-refractivity contribution is 0.0713. The Labute approximate surface area is 180 Å². The first-order chi connectivity index (χ1) is 14.5. The van der Waals surface area contributed by atoms with E-state index < -0.39 is 0 Å². The Balaban J connectivity index is 1.34. The van der Waals surface area contributed by atoms with Gasteiger partial charge in [0.05, 0.1) is 15.2 Å². The molecule has 4 rings (SSSR count). The maximum Gasteiger partial charge on any atom is 0.319 e. The summed E-state index contributed by atoms with van der Waals surface area (Å²) in [5.74, 6) is 0.452. The quantitative estimate of drug-likeness (QED) is 0.631. The molecule has 1 fully saturated rings. The first-order valence-electron chi connectivity index (χ1n) is 10.3. The fourth-order valence-corrected chi connectivity index (χ4v) is 4.84. The van der Waals surface area contributed by atoms with Crippen LogP contribution < -0.4 is 10.6 Å². The van der Waals surface area contributed by atoms with Gasteiger partial charge in [-0.25, -0.2) is 9.78 Å². The third-order valence-electron chi connectivity index (χ3n) is 5.25. The average Bonchev–Trinajstić information content (AvgIpc) is 3.17. The van der Waals surface area contributed by atoms with Gasteiger partial charge in [-0.1, -0.05) is 12.1 Å². The van der Waals surface area contributed by atoms with Crippen LogP contribution in [0.1, 0.15) is 48.0 Å². The number of hydrogen-bond donors (Lipinski definition) is 2. The van der Waals surface area contributed by atoms with Gasteiger partial charge in [0.2, 0.25) is 0 Å². The fourth-order valence-electron chi connectivity index (χ4n) is 3.70. The van der Waals surface area contributed by atoms with Crippen LogP contribution in [0.2, 0.25) is 0 Å². The van der Waals surface area contributed by atoms with Crippen LogP contribution in [-0.2, 0) is 0 Å². The Morgan fingerprint density at radius 2 is 1.77 bits per heavy atom. The second kappa shape index (κ2) is 8.83. The number of carbonyl (C=O) groups excluding carboxylic acids is 2. The summed E-state index contributed by atoms with van der Waals surface area (Å²) in [4.78, 5) is 31.4. The van der Waals surface area contributed by atoms with Crippen molar-refractivity contribution >= 4 is 39.2 Å². The minimum atomic E-state index is -0.249. The molecule has 3 amide bonds. The topological polar surface area (TPSA) is 74.3 Å². The van der Waals surface area contributed by atoms with Crippen LogP contribution >= 0.6 is 11.3 Å². The number of amides is 3. The Morgan fingerprint density at radius 1 is 1.07 bits per heavy atom. The van der Waals surface area contributed by atoms with Crippen LogP contribution in [0.25, 0.3) is 10.2 Å². The number of nitrogens with one attached hydrogen (secondary N) is 2. The number of carbonyl (C=O) groups is 2. The number of likely N-dealkylation sites (tertiary alicyclic amines) is 1. The van der Waals surface area contributed by atoms with Gasteiger partial charge in [-0.15, -0.1) is 11.3 Å². The van der Waals surface area contributed by atoms with Gasteiger partial charge < -0.3 is 15.5 Å². The molecule has 2 heterocycles. The Bertz CT molecular complexity index is 1000. The maximum absolute atomic E-state index is 12.9. The Kier molecular flexibility index (Phi) is 5.99. The molecule has 1 aromatic heterocycles. The standard InChI is InChI=1S/C23H26N4O2S/c1-15(2)24-23(29)25-18-9-7-17(8-10-18)22(28)27-13-11-16(12-14-27)21-26-19-5-3-4-6-20(19)30-21/h3-10,15-16H,11-14H2,1-2H3,(H2,24,25,29). The fraction of sp³-hybridized carbons (Fsp3) is 0.348. The van der Waals surface area contributed by atoms with Crippen molar-refractivity contribution in [3.05, 3.63) is 59.1 Å². The predicted octanol–water partition coefficient (Wildman–Crippen LogP) is 4.85. The number of aromatic nitrogens is 1. The molecule has 0 unspecified atom stereocenters. The van der Waals surface area contributed by atoms with Crippen molar-refractivity contribution < 1.29 is 9.59 Å². The van der Waals surface area contributed by atoms with E-state index >= 15 is 0 Å². The lowest BCUT2D eigenvalue weighted by Crippen LogP contribution is -2.38. The molecule has 2 aromatic carbocycles. The van der Waals surface area contributed by atoms with Crippen LogP contribution in [0.4, 0.5) is 10.5 Å². The monoisotopic (exact) mass is 422 g/mol. The summed E-state index contributed by atoms with van der Waals surface area (Å²) in [6.45, 7) is 5.27. The smallest absolute Gasteiger partial charge is 0.319 e. The van der Waals surface area contributed by atoms with E-state index in [1.807, 2.05) is 30.9 Å². The zero-order chi connectivity index (χ0) is 21.1. The molecule has 1 saturated heterocycles. The number of fused-ring (bicyclic) bond motifs is 1. The van der Waals surface area contributed by atoms with Crippen molar-refractivity contribution in [1.82, 2.24) is 15.2 Å². The summed E-state index contributed by atoms with van der Waals surface area (Å²) in [5, 5.41) is 6.73. The molecule has 0 spiro atoms. The van der Waals surface area contributed by atoms with Crippen LogP contribution in [0.15, 0.2) is 48.5 Å². The summed E-state index contributed by atoms with van der Waals surface area (Å²) in [5.41, 5.74) is 2.37. The number of anilines is 1. The number of thiazole rings is 1. The van der Waals surface area contributed by atoms with E-state index in [1.54, 1.807) is 35.6 Å². The summed E-state index contributed by atoms with van der Waals surface area (Å²) < 4.78 is 1.22. The summed E-state index contributed by atoms with van der Waals surface area (Å²) in [6.07, 6.45) is 1.86. The summed E-state index contributed by atoms with van der Waals surface area (Å²) in [7, 11) is 0. The van der Waals surface area contributed by atoms with E-state index in [9.17, 15) is 9.59 Å². The highest BCUT2D eigenvalue weighted by atomic mass is 32.1. The molecule has 6 nitrogen and oxygen atoms in total. The van der Waals surface area contributed by atoms with Gasteiger partial charge in [0.15, 0.2) is 0 Å². The lowest BCUT2D eigenvalue weighted by Gasteiger charge is -2.31. The largest absolute Gasteiger partial charge is 0.339 e. The molecule has 0 atom stereocenters. The predicted molar refractivity (Wildman–Crippen MR) is 121 cm³/mol. The van der Waals surface area contributed by atoms with Gasteiger partial charge in [-0.2, -0.15) is 0 Å². The third kappa shape index (κ3) is 4.62. The van der Waals surface area contributed by atoms with Crippen LogP contribution in [-0.4, -0.2) is 41.0 Å². The minimum absolute atomic E-state index is 0.0379. The number of para-hydroxylation sites is 1. The van der Waals surface area contributed by atoms with Crippen molar-refractivity contribution in [2.24, 2.45) is 0 Å². The van der Waals surface area contributed by atoms with E-state index in [0.29, 0.717) is 17.2 Å². The molecule has 156 valence electrons. The van der Waals surface area contributed by atoms with E-state index in [4.69, 9.17) is 4.98 Å². The second-order valence-electron chi connectivity index (χ2n) is 7.92. The highest BCUT2D eigenvalue weighted by Crippen LogP contribution is 2.34. The van der Waals surface area contributed by atoms with E-state index in [0.717, 1.165) is 31.4 Å². The van der Waals surface area contributed by atoms with Gasteiger partial charge in [0.1, 0.15) is 0 Å². The van der Waals surface area contributed by atoms with Crippen molar-refractivity contribution in [1.29, 1.82) is 0 Å². The molecule has 7 heteroatoms. The Morgan fingerprint density at radius 3 is 2.43 bits per heavy atom. The van der Waals surface area contributed by atoms with Crippen molar-refractivity contribution in [3.63, 3.8) is 0 Å². The van der Waals surface area contributed by atoms with E-state index in [1.165, 1.54) is 9.71 Å². The summed E-state index contributed by atoms with van der Waals surface area (Å²) >= 11 is 1.77. The molecule has 30 heavy (non-hydrogen) atoms. The number of piperidine rings is 1. The number of hydrogen-bond acceptors (Lipinski definition) is 4. The summed E-state index contributed by atoms with van der Waals surface area (Å²) in [6, 6.07) is 15.1. The van der Waals surface area contributed by atoms with Gasteiger partial charge in [-0.05, 0) is 63.1 Å². The van der Waals surface area contributed by atoms with E-state index in [2.05, 4.69) is 22.8 Å². The van der Waals surface area contributed by atoms with Crippen molar-refractivity contribution in [2.45, 2.75) is 38.6 Å². The molecule has 1 aliphatic rings. The van der Waals surface area contributed by atoms with E-state index in [-0.39, 0.29) is 18.0 Å². The highest BCUT2D eigenvalue weighted by Gasteiger charge is 2.26. The van der Waals surface area contributed by atoms with Crippen LogP contribution in [0.3, 0.4) is 0 Å². The maximum atomic E-state index is 12.9. The molecule has 0 saturated carbocycles. The Hall–Kier alpha value is -2.93. The molecular formula is C23H26N4O2S. The zero-order valence-electron chi connectivity index (χ0n) is 17.2. The molecular weight excluding hydrogens is 396 g/mol. The molecule has 3 aromatic rings. The van der Waals surface area contributed by atoms with Crippen molar-refractivity contribution in [2.75, 3.05) is 18.4 Å². The van der Waals surface area contributed by atoms with Crippen LogP contribution in [0, 0.1) is 0 Å². The molecule has 0 aliphatic carbocycles. The second-order valence-corrected chi connectivity index (χ2v) is 8.98. The van der Waals surface area contributed by atoms with Crippen LogP contribution in [0.5, 0.6) is 0 Å². The first kappa shape index (κ1) is 20.3. The first-order valence-corrected chi connectivity index (χ1v) is 11.1. The molecule has 0 radical (unpaired) electrons. The lowest BCUT2D eigenvalue weighted by atomic mass is 9.97. The number of rotatable bonds is 4. The number of urea groups is 1. The highest BCUT2D eigenvalue weighted by molar-refractivity contribution is 7.18. The normalized spacial score (nSPS) is 14.8. The average molecular weight is 423 g/mol. The molecule has 1 aliphatic heterocycles. The van der Waals surface area contributed by atoms with Gasteiger partial charge in [0.25, 0.3) is 5.91 Å². The van der Waals surface area contributed by atoms with Gasteiger partial charge >= 0.3 is 6.03 Å². The molecule has 0 bridgehead atoms. The SMILES string of the molecule is CC(C)NC(=O)Nc1ccc(C(=O)N2CCC(c3nc4ccccc4s3)CC2)cc1.